The average Bonchev–Trinajstić information content (AvgIpc) is 3.15. The molecule has 2 aromatic carbocycles. The smallest absolute Gasteiger partial charge is 0.335 e. The van der Waals surface area contributed by atoms with E-state index in [0.29, 0.717) is 16.9 Å². The normalized spacial score (nSPS) is 13.4. The Hall–Kier alpha value is -3.42. The Bertz CT molecular complexity index is 920. The van der Waals surface area contributed by atoms with Crippen LogP contribution in [0.5, 0.6) is 0 Å². The number of carboxylic acids is 1. The number of aryl methyl sites for hydroxylation is 1. The Kier molecular flexibility index (Phi) is 5.07. The summed E-state index contributed by atoms with van der Waals surface area (Å²) in [5, 5.41) is 23.2. The van der Waals surface area contributed by atoms with Crippen molar-refractivity contribution in [1.82, 2.24) is 0 Å². The highest BCUT2D eigenvalue weighted by Crippen LogP contribution is 2.32. The number of carboxylic acid groups (broad SMARTS) is 1. The van der Waals surface area contributed by atoms with Gasteiger partial charge in [-0.05, 0) is 55.7 Å². The number of aromatic carboxylic acids is 1. The van der Waals surface area contributed by atoms with Crippen LogP contribution in [0.4, 0.5) is 17.1 Å². The van der Waals surface area contributed by atoms with E-state index in [0.717, 1.165) is 25.9 Å². The summed E-state index contributed by atoms with van der Waals surface area (Å²) in [7, 11) is 0. The van der Waals surface area contributed by atoms with Gasteiger partial charge in [0.1, 0.15) is 5.69 Å². The summed E-state index contributed by atoms with van der Waals surface area (Å²) in [5.41, 5.74) is 1.69. The van der Waals surface area contributed by atoms with E-state index < -0.39 is 16.8 Å². The number of rotatable bonds is 5. The number of hydrogen-bond donors (Lipinski definition) is 2. The van der Waals surface area contributed by atoms with E-state index in [1.807, 2.05) is 4.90 Å². The minimum absolute atomic E-state index is 0.0954. The maximum atomic E-state index is 12.5. The lowest BCUT2D eigenvalue weighted by atomic mass is 10.1. The fourth-order valence-corrected chi connectivity index (χ4v) is 3.22. The summed E-state index contributed by atoms with van der Waals surface area (Å²) in [6, 6.07) is 8.90. The number of carbonyl (C=O) groups is 2. The molecule has 1 aliphatic rings. The molecule has 1 heterocycles. The first-order chi connectivity index (χ1) is 12.9. The molecule has 1 saturated heterocycles. The van der Waals surface area contributed by atoms with Gasteiger partial charge in [0.15, 0.2) is 0 Å². The number of hydrogen-bond acceptors (Lipinski definition) is 5. The fourth-order valence-electron chi connectivity index (χ4n) is 3.22. The lowest BCUT2D eigenvalue weighted by molar-refractivity contribution is -0.384. The minimum Gasteiger partial charge on any atom is -0.478 e. The zero-order valence-electron chi connectivity index (χ0n) is 14.8. The second-order valence-corrected chi connectivity index (χ2v) is 6.44. The molecule has 1 amide bonds. The number of benzene rings is 2. The highest BCUT2D eigenvalue weighted by atomic mass is 16.6. The third-order valence-corrected chi connectivity index (χ3v) is 4.60. The van der Waals surface area contributed by atoms with Crippen molar-refractivity contribution in [3.05, 3.63) is 63.2 Å². The van der Waals surface area contributed by atoms with Crippen molar-refractivity contribution in [3.63, 3.8) is 0 Å². The van der Waals surface area contributed by atoms with Gasteiger partial charge in [-0.15, -0.1) is 0 Å². The van der Waals surface area contributed by atoms with Crippen molar-refractivity contribution < 1.29 is 19.6 Å². The second kappa shape index (κ2) is 7.45. The summed E-state index contributed by atoms with van der Waals surface area (Å²) < 4.78 is 0. The third kappa shape index (κ3) is 3.89. The molecule has 0 saturated carbocycles. The van der Waals surface area contributed by atoms with Gasteiger partial charge >= 0.3 is 5.97 Å². The molecule has 0 aliphatic carbocycles. The zero-order chi connectivity index (χ0) is 19.6. The van der Waals surface area contributed by atoms with Crippen molar-refractivity contribution in [2.75, 3.05) is 23.3 Å². The van der Waals surface area contributed by atoms with E-state index >= 15 is 0 Å². The van der Waals surface area contributed by atoms with E-state index in [1.54, 1.807) is 25.1 Å². The van der Waals surface area contributed by atoms with Crippen LogP contribution in [-0.4, -0.2) is 35.0 Å². The van der Waals surface area contributed by atoms with Crippen LogP contribution < -0.4 is 10.2 Å². The lowest BCUT2D eigenvalue weighted by Crippen LogP contribution is -2.20. The highest BCUT2D eigenvalue weighted by Gasteiger charge is 2.24. The summed E-state index contributed by atoms with van der Waals surface area (Å²) >= 11 is 0. The number of nitro benzene ring substituents is 1. The molecule has 3 rings (SSSR count). The Labute approximate surface area is 155 Å². The molecule has 0 atom stereocenters. The van der Waals surface area contributed by atoms with Crippen molar-refractivity contribution >= 4 is 28.9 Å². The molecule has 1 aliphatic heterocycles. The molecule has 1 fully saturated rings. The molecule has 0 bridgehead atoms. The van der Waals surface area contributed by atoms with Crippen LogP contribution in [-0.2, 0) is 0 Å². The van der Waals surface area contributed by atoms with E-state index in [4.69, 9.17) is 5.11 Å². The molecule has 2 N–H and O–H groups in total. The molecule has 0 radical (unpaired) electrons. The Morgan fingerprint density at radius 1 is 1.15 bits per heavy atom. The van der Waals surface area contributed by atoms with Gasteiger partial charge in [-0.25, -0.2) is 4.79 Å². The first-order valence-electron chi connectivity index (χ1n) is 8.55. The van der Waals surface area contributed by atoms with E-state index in [2.05, 4.69) is 5.32 Å². The monoisotopic (exact) mass is 369 g/mol. The summed E-state index contributed by atoms with van der Waals surface area (Å²) in [6.07, 6.45) is 1.98. The van der Waals surface area contributed by atoms with Gasteiger partial charge in [-0.3, -0.25) is 14.9 Å². The van der Waals surface area contributed by atoms with Gasteiger partial charge in [0, 0.05) is 30.4 Å². The molecule has 0 aromatic heterocycles. The van der Waals surface area contributed by atoms with Crippen molar-refractivity contribution in [2.24, 2.45) is 0 Å². The molecule has 0 spiro atoms. The molecule has 0 unspecified atom stereocenters. The van der Waals surface area contributed by atoms with Crippen molar-refractivity contribution in [2.45, 2.75) is 19.8 Å². The minimum atomic E-state index is -1.04. The van der Waals surface area contributed by atoms with Gasteiger partial charge in [-0.2, -0.15) is 0 Å². The molecule has 8 heteroatoms. The van der Waals surface area contributed by atoms with Gasteiger partial charge in [-0.1, -0.05) is 0 Å². The van der Waals surface area contributed by atoms with Crippen LogP contribution in [0.15, 0.2) is 36.4 Å². The topological polar surface area (TPSA) is 113 Å². The predicted molar refractivity (Wildman–Crippen MR) is 101 cm³/mol. The Balaban J connectivity index is 1.84. The van der Waals surface area contributed by atoms with Crippen LogP contribution >= 0.6 is 0 Å². The number of nitro groups is 1. The van der Waals surface area contributed by atoms with Gasteiger partial charge in [0.25, 0.3) is 11.6 Å². The number of nitrogens with one attached hydrogen (secondary N) is 1. The quantitative estimate of drug-likeness (QED) is 0.616. The molecule has 27 heavy (non-hydrogen) atoms. The van der Waals surface area contributed by atoms with Gasteiger partial charge in [0.2, 0.25) is 0 Å². The molecule has 140 valence electrons. The Morgan fingerprint density at radius 3 is 2.44 bits per heavy atom. The molecular formula is C19H19N3O5. The van der Waals surface area contributed by atoms with Crippen LogP contribution in [0.2, 0.25) is 0 Å². The first-order valence-corrected chi connectivity index (χ1v) is 8.55. The van der Waals surface area contributed by atoms with Crippen LogP contribution in [0, 0.1) is 17.0 Å². The highest BCUT2D eigenvalue weighted by molar-refractivity contribution is 6.05. The first kappa shape index (κ1) is 18.4. The van der Waals surface area contributed by atoms with Crippen LogP contribution in [0.3, 0.4) is 0 Å². The standard InChI is InChI=1S/C19H19N3O5/c1-12-10-14(5-6-15(12)19(24)25)20-18(23)13-4-7-16(17(11-13)22(26)27)21-8-2-3-9-21/h4-7,10-11H,2-3,8-9H2,1H3,(H,20,23)(H,24,25). The fraction of sp³-hybridized carbons (Fsp3) is 0.263. The third-order valence-electron chi connectivity index (χ3n) is 4.60. The van der Waals surface area contributed by atoms with E-state index in [-0.39, 0.29) is 16.8 Å². The average molecular weight is 369 g/mol. The van der Waals surface area contributed by atoms with E-state index in [9.17, 15) is 19.7 Å². The van der Waals surface area contributed by atoms with Crippen LogP contribution in [0.1, 0.15) is 39.1 Å². The number of amides is 1. The van der Waals surface area contributed by atoms with Crippen LogP contribution in [0.25, 0.3) is 0 Å². The van der Waals surface area contributed by atoms with Crippen molar-refractivity contribution in [3.8, 4) is 0 Å². The maximum Gasteiger partial charge on any atom is 0.335 e. The predicted octanol–water partition coefficient (Wildman–Crippen LogP) is 3.45. The molecule has 2 aromatic rings. The van der Waals surface area contributed by atoms with Gasteiger partial charge in [0.05, 0.1) is 10.5 Å². The largest absolute Gasteiger partial charge is 0.478 e. The maximum absolute atomic E-state index is 12.5. The SMILES string of the molecule is Cc1cc(NC(=O)c2ccc(N3CCCC3)c([N+](=O)[O-])c2)ccc1C(=O)O. The number of nitrogens with zero attached hydrogens (tertiary/aromatic N) is 2. The Morgan fingerprint density at radius 2 is 1.85 bits per heavy atom. The zero-order valence-corrected chi connectivity index (χ0v) is 14.8. The number of anilines is 2. The number of carbonyl (C=O) groups excluding carboxylic acids is 1. The molecular weight excluding hydrogens is 350 g/mol. The lowest BCUT2D eigenvalue weighted by Gasteiger charge is -2.17. The summed E-state index contributed by atoms with van der Waals surface area (Å²) in [5.74, 6) is -1.54. The van der Waals surface area contributed by atoms with Gasteiger partial charge < -0.3 is 15.3 Å². The second-order valence-electron chi connectivity index (χ2n) is 6.44. The summed E-state index contributed by atoms with van der Waals surface area (Å²) in [6.45, 7) is 3.16. The van der Waals surface area contributed by atoms with Crippen molar-refractivity contribution in [1.29, 1.82) is 0 Å². The summed E-state index contributed by atoms with van der Waals surface area (Å²) in [4.78, 5) is 36.5. The molecule has 8 nitrogen and oxygen atoms in total. The van der Waals surface area contributed by atoms with E-state index in [1.165, 1.54) is 18.2 Å².